The predicted octanol–water partition coefficient (Wildman–Crippen LogP) is 4.80. The minimum absolute atomic E-state index is 0.0895. The molecule has 2 aromatic rings. The maximum atomic E-state index is 14.6. The molecule has 426 valence electrons. The van der Waals surface area contributed by atoms with Crippen LogP contribution < -0.4 is 11.0 Å². The highest BCUT2D eigenvalue weighted by Crippen LogP contribution is 2.45. The third-order valence-electron chi connectivity index (χ3n) is 17.1. The number of carbonyl (C=O) groups is 1. The number of aromatic nitrogens is 3. The Labute approximate surface area is 448 Å². The molecule has 0 saturated carbocycles. The van der Waals surface area contributed by atoms with Gasteiger partial charge in [0.05, 0.1) is 59.1 Å². The Hall–Kier alpha value is -3.31. The van der Waals surface area contributed by atoms with E-state index in [2.05, 4.69) is 87.4 Å². The fourth-order valence-electron chi connectivity index (χ4n) is 12.5. The Morgan fingerprint density at radius 3 is 2.31 bits per heavy atom. The molecule has 17 atom stereocenters. The van der Waals surface area contributed by atoms with Gasteiger partial charge in [0.25, 0.3) is 0 Å². The number of carbonyl (C=O) groups excluding carboxylic acids is 1. The molecule has 5 heterocycles. The quantitative estimate of drug-likeness (QED) is 0.0929. The summed E-state index contributed by atoms with van der Waals surface area (Å²) in [5, 5.41) is 58.6. The van der Waals surface area contributed by atoms with Gasteiger partial charge in [-0.15, -0.1) is 10.6 Å². The molecular weight excluding hydrogens is 959 g/mol. The van der Waals surface area contributed by atoms with Crippen molar-refractivity contribution in [1.82, 2.24) is 45.7 Å². The van der Waals surface area contributed by atoms with Gasteiger partial charge >= 0.3 is 5.97 Å². The Bertz CT molecular complexity index is 2130. The monoisotopic (exact) mass is 1060 g/mol. The Morgan fingerprint density at radius 2 is 1.64 bits per heavy atom. The molecule has 2 unspecified atom stereocenters. The number of hydrazine groups is 2. The fraction of sp³-hybridized carbons (Fsp3) is 0.804. The number of methoxy groups -OCH3 is 1. The predicted molar refractivity (Wildman–Crippen MR) is 288 cm³/mol. The van der Waals surface area contributed by atoms with Gasteiger partial charge in [0.15, 0.2) is 6.29 Å². The smallest absolute Gasteiger partial charge is 0.309 e. The Balaban J connectivity index is 1.13. The molecule has 4 aliphatic rings. The van der Waals surface area contributed by atoms with E-state index in [-0.39, 0.29) is 30.9 Å². The first-order chi connectivity index (χ1) is 35.3. The Kier molecular flexibility index (Phi) is 21.2. The lowest BCUT2D eigenvalue weighted by Crippen LogP contribution is -2.61. The summed E-state index contributed by atoms with van der Waals surface area (Å²) in [5.74, 6) is -2.66. The van der Waals surface area contributed by atoms with E-state index in [1.807, 2.05) is 71.5 Å². The van der Waals surface area contributed by atoms with Crippen LogP contribution in [0.1, 0.15) is 132 Å². The first-order valence-corrected chi connectivity index (χ1v) is 27.8. The van der Waals surface area contributed by atoms with E-state index >= 15 is 0 Å². The molecule has 0 amide bonds. The maximum absolute atomic E-state index is 14.6. The highest BCUT2D eigenvalue weighted by molar-refractivity contribution is 5.73. The number of rotatable bonds is 17. The van der Waals surface area contributed by atoms with Crippen LogP contribution in [0, 0.1) is 23.7 Å². The largest absolute Gasteiger partial charge is 0.459 e. The van der Waals surface area contributed by atoms with Gasteiger partial charge in [-0.2, -0.15) is 0 Å². The summed E-state index contributed by atoms with van der Waals surface area (Å²) < 4.78 is 34.5. The number of likely N-dealkylation sites (N-methyl/N-ethyl adjacent to an activating group) is 1. The number of nitrogens with one attached hydrogen (secondary N) is 2. The van der Waals surface area contributed by atoms with E-state index < -0.39 is 89.5 Å². The number of benzene rings is 1. The third-order valence-corrected chi connectivity index (χ3v) is 17.1. The number of nitrogens with zero attached hydrogens (tertiary/aromatic N) is 7. The molecule has 19 nitrogen and oxygen atoms in total. The van der Waals surface area contributed by atoms with E-state index in [0.717, 1.165) is 68.8 Å². The lowest BCUT2D eigenvalue weighted by Gasteiger charge is -2.51. The molecule has 3 fully saturated rings. The van der Waals surface area contributed by atoms with Crippen LogP contribution in [-0.2, 0) is 41.4 Å². The molecule has 0 radical (unpaired) electrons. The van der Waals surface area contributed by atoms with Crippen LogP contribution in [0.15, 0.2) is 42.4 Å². The van der Waals surface area contributed by atoms with Gasteiger partial charge in [-0.1, -0.05) is 45.0 Å². The molecule has 0 aliphatic carbocycles. The summed E-state index contributed by atoms with van der Waals surface area (Å²) in [6.07, 6.45) is 4.07. The second kappa shape index (κ2) is 26.1. The number of cyclic esters (lactones) is 1. The number of unbranched alkanes of at least 4 members (excludes halogenated alkanes) is 1. The molecule has 1 aromatic heterocycles. The lowest BCUT2D eigenvalue weighted by atomic mass is 9.68. The van der Waals surface area contributed by atoms with Crippen molar-refractivity contribution in [2.24, 2.45) is 23.7 Å². The first kappa shape index (κ1) is 60.9. The highest BCUT2D eigenvalue weighted by Gasteiger charge is 2.54. The summed E-state index contributed by atoms with van der Waals surface area (Å²) >= 11 is 0. The average molecular weight is 1060 g/mol. The van der Waals surface area contributed by atoms with Gasteiger partial charge in [0, 0.05) is 82.4 Å². The van der Waals surface area contributed by atoms with Gasteiger partial charge in [-0.25, -0.2) is 4.68 Å². The van der Waals surface area contributed by atoms with Crippen LogP contribution in [0.4, 0.5) is 0 Å². The second-order valence-electron chi connectivity index (χ2n) is 24.0. The standard InChI is InChI=1S/C56H97N9O10/c1-16-47-56(10,70)50(66)39(6)63(14)31-35(2)29-54(8,69)52(37(4)49(38(5)53(68)74-47)46-30-55(9,71-15)51(67)40(7)73-46)75-48-28-45(27-36(3)72-48)62(13)26-24-42-33-64(59-57-42)25-18-17-19-41-20-22-44(23-21-41)65-34-43(58-60-65)32-61(11)12/h20-23,33-40,45-52,57,59,66-67,69-70H,16-19,24-32H2,1-15H3/t35-,36-,37+,38-,39-,40+,45+,46?,47-,48+,49?,50-,51+,52-,54-,55-,56-/m1/s1. The van der Waals surface area contributed by atoms with Crippen molar-refractivity contribution in [3.05, 3.63) is 53.6 Å². The fourth-order valence-corrected chi connectivity index (χ4v) is 12.5. The summed E-state index contributed by atoms with van der Waals surface area (Å²) in [5.41, 5.74) is 6.83. The zero-order valence-electron chi connectivity index (χ0n) is 48.1. The van der Waals surface area contributed by atoms with Crippen LogP contribution in [-0.4, -0.2) is 194 Å². The molecule has 4 aliphatic heterocycles. The Morgan fingerprint density at radius 1 is 0.933 bits per heavy atom. The van der Waals surface area contributed by atoms with Crippen LogP contribution in [0.2, 0.25) is 0 Å². The number of esters is 1. The molecule has 0 bridgehead atoms. The van der Waals surface area contributed by atoms with Crippen molar-refractivity contribution in [3.8, 4) is 5.69 Å². The van der Waals surface area contributed by atoms with Gasteiger partial charge in [0.1, 0.15) is 23.9 Å². The zero-order valence-corrected chi connectivity index (χ0v) is 48.1. The van der Waals surface area contributed by atoms with Gasteiger partial charge in [-0.05, 0) is 138 Å². The van der Waals surface area contributed by atoms with E-state index in [0.29, 0.717) is 19.4 Å². The van der Waals surface area contributed by atoms with E-state index in [1.165, 1.54) is 12.5 Å². The van der Waals surface area contributed by atoms with E-state index in [9.17, 15) is 25.2 Å². The molecule has 75 heavy (non-hydrogen) atoms. The minimum atomic E-state index is -1.78. The second-order valence-corrected chi connectivity index (χ2v) is 24.0. The van der Waals surface area contributed by atoms with E-state index in [1.54, 1.807) is 21.0 Å². The normalized spacial score (nSPS) is 38.0. The van der Waals surface area contributed by atoms with Crippen molar-refractivity contribution in [1.29, 1.82) is 0 Å². The lowest BCUT2D eigenvalue weighted by molar-refractivity contribution is -0.275. The van der Waals surface area contributed by atoms with Crippen LogP contribution in [0.3, 0.4) is 0 Å². The van der Waals surface area contributed by atoms with Crippen molar-refractivity contribution in [2.75, 3.05) is 54.9 Å². The van der Waals surface area contributed by atoms with Gasteiger partial charge < -0.3 is 64.2 Å². The van der Waals surface area contributed by atoms with Crippen molar-refractivity contribution < 1.29 is 48.9 Å². The minimum Gasteiger partial charge on any atom is -0.459 e. The molecule has 0 spiro atoms. The van der Waals surface area contributed by atoms with E-state index in [4.69, 9.17) is 23.7 Å². The maximum Gasteiger partial charge on any atom is 0.309 e. The molecule has 3 saturated heterocycles. The summed E-state index contributed by atoms with van der Waals surface area (Å²) in [4.78, 5) is 21.1. The van der Waals surface area contributed by atoms with Crippen molar-refractivity contribution >= 4 is 5.97 Å². The number of aryl methyl sites for hydroxylation is 1. The van der Waals surface area contributed by atoms with Crippen LogP contribution in [0.25, 0.3) is 5.69 Å². The zero-order chi connectivity index (χ0) is 55.2. The van der Waals surface area contributed by atoms with Crippen molar-refractivity contribution in [3.63, 3.8) is 0 Å². The van der Waals surface area contributed by atoms with Gasteiger partial charge in [-0.3, -0.25) is 9.80 Å². The number of hydrogen-bond donors (Lipinski definition) is 6. The summed E-state index contributed by atoms with van der Waals surface area (Å²) in [7, 11) is 9.65. The number of ether oxygens (including phenoxy) is 5. The topological polar surface area (TPSA) is 212 Å². The number of hydrogen-bond acceptors (Lipinski definition) is 18. The average Bonchev–Trinajstić information content (AvgIpc) is 4.02. The number of aliphatic hydroxyl groups is 4. The first-order valence-electron chi connectivity index (χ1n) is 27.8. The van der Waals surface area contributed by atoms with Crippen LogP contribution >= 0.6 is 0 Å². The third kappa shape index (κ3) is 15.3. The highest BCUT2D eigenvalue weighted by atomic mass is 16.7. The van der Waals surface area contributed by atoms with Gasteiger partial charge in [0.2, 0.25) is 0 Å². The summed E-state index contributed by atoms with van der Waals surface area (Å²) in [6, 6.07) is 8.15. The molecular formula is C56H97N9O10. The molecule has 6 N–H and O–H groups in total. The SMILES string of the molecule is CC[C@H]1OC(=O)[C@H](C)C(C2C[C@@](C)(OC)[C@@H](O)[C@H](C)O2)[C@H](C)[C@@H](O[C@H]2C[C@@H](N(C)CCC3=CN(CCCCc4ccc(-n5cc(CN(C)C)nn5)cc4)NN3)C[C@@H](C)O2)[C@](C)(O)C[C@@H](C)CN(C)[C@H](C)[C@@H](O)[C@]1(C)O. The number of aliphatic hydroxyl groups excluding tert-OH is 2. The molecule has 1 aromatic carbocycles. The van der Waals surface area contributed by atoms with Crippen LogP contribution in [0.5, 0.6) is 0 Å². The summed E-state index contributed by atoms with van der Waals surface area (Å²) in [6.45, 7) is 21.5. The molecule has 6 rings (SSSR count). The molecule has 19 heteroatoms. The van der Waals surface area contributed by atoms with Crippen molar-refractivity contribution in [2.45, 2.75) is 211 Å².